The first-order valence-corrected chi connectivity index (χ1v) is 7.77. The quantitative estimate of drug-likeness (QED) is 0.908. The van der Waals surface area contributed by atoms with Gasteiger partial charge in [-0.2, -0.15) is 5.10 Å². The Kier molecular flexibility index (Phi) is 5.01. The highest BCUT2D eigenvalue weighted by molar-refractivity contribution is 9.10. The normalized spacial score (nSPS) is 12.6. The molecular formula is C13H17BrN4S. The third kappa shape index (κ3) is 3.81. The fourth-order valence-electron chi connectivity index (χ4n) is 1.68. The number of hydrogen-bond donors (Lipinski definition) is 1. The van der Waals surface area contributed by atoms with Crippen molar-refractivity contribution in [2.24, 2.45) is 12.8 Å². The van der Waals surface area contributed by atoms with Gasteiger partial charge in [0.2, 0.25) is 0 Å². The van der Waals surface area contributed by atoms with Gasteiger partial charge in [-0.1, -0.05) is 13.0 Å². The molecule has 19 heavy (non-hydrogen) atoms. The zero-order chi connectivity index (χ0) is 13.8. The summed E-state index contributed by atoms with van der Waals surface area (Å²) in [5, 5.41) is 4.94. The van der Waals surface area contributed by atoms with Crippen molar-refractivity contribution < 1.29 is 0 Å². The van der Waals surface area contributed by atoms with Crippen LogP contribution in [0.4, 0.5) is 0 Å². The summed E-state index contributed by atoms with van der Waals surface area (Å²) in [6.07, 6.45) is 3.46. The molecule has 0 saturated carbocycles. The standard InChI is InChI=1S/C13H17BrN4S/c1-3-10(15)6-9-4-5-12(11(14)7-9)19-13-16-8-17-18(13)2/h4-5,7-8,10H,3,6,15H2,1-2H3. The number of rotatable bonds is 5. The SMILES string of the molecule is CCC(N)Cc1ccc(Sc2ncnn2C)c(Br)c1. The summed E-state index contributed by atoms with van der Waals surface area (Å²) < 4.78 is 2.83. The fourth-order valence-corrected chi connectivity index (χ4v) is 3.11. The van der Waals surface area contributed by atoms with E-state index in [2.05, 4.69) is 51.1 Å². The van der Waals surface area contributed by atoms with Crippen LogP contribution < -0.4 is 5.73 Å². The van der Waals surface area contributed by atoms with Crippen LogP contribution in [-0.2, 0) is 13.5 Å². The topological polar surface area (TPSA) is 56.7 Å². The molecule has 1 atom stereocenters. The molecule has 1 unspecified atom stereocenters. The van der Waals surface area contributed by atoms with Crippen LogP contribution in [0.1, 0.15) is 18.9 Å². The Hall–Kier alpha value is -0.850. The van der Waals surface area contributed by atoms with Gasteiger partial charge < -0.3 is 5.73 Å². The molecule has 1 aromatic heterocycles. The van der Waals surface area contributed by atoms with E-state index in [1.807, 2.05) is 7.05 Å². The van der Waals surface area contributed by atoms with Gasteiger partial charge in [0.1, 0.15) is 6.33 Å². The Bertz CT molecular complexity index is 555. The zero-order valence-electron chi connectivity index (χ0n) is 11.0. The number of hydrogen-bond acceptors (Lipinski definition) is 4. The number of halogens is 1. The molecule has 0 amide bonds. The van der Waals surface area contributed by atoms with Crippen LogP contribution in [0, 0.1) is 0 Å². The minimum absolute atomic E-state index is 0.226. The lowest BCUT2D eigenvalue weighted by atomic mass is 10.1. The Morgan fingerprint density at radius 2 is 2.26 bits per heavy atom. The third-order valence-corrected chi connectivity index (χ3v) is 4.94. The summed E-state index contributed by atoms with van der Waals surface area (Å²) >= 11 is 5.20. The second kappa shape index (κ2) is 6.54. The van der Waals surface area contributed by atoms with Crippen molar-refractivity contribution in [2.75, 3.05) is 0 Å². The Morgan fingerprint density at radius 1 is 1.47 bits per heavy atom. The summed E-state index contributed by atoms with van der Waals surface area (Å²) in [5.74, 6) is 0. The third-order valence-electron chi connectivity index (χ3n) is 2.89. The first kappa shape index (κ1) is 14.6. The van der Waals surface area contributed by atoms with E-state index in [0.717, 1.165) is 27.4 Å². The minimum Gasteiger partial charge on any atom is -0.327 e. The summed E-state index contributed by atoms with van der Waals surface area (Å²) in [6, 6.07) is 6.58. The average molecular weight is 341 g/mol. The van der Waals surface area contributed by atoms with E-state index in [1.54, 1.807) is 22.8 Å². The van der Waals surface area contributed by atoms with Gasteiger partial charge in [-0.05, 0) is 58.2 Å². The molecule has 4 nitrogen and oxygen atoms in total. The lowest BCUT2D eigenvalue weighted by Crippen LogP contribution is -2.21. The number of benzene rings is 1. The molecular weight excluding hydrogens is 324 g/mol. The average Bonchev–Trinajstić information content (AvgIpc) is 2.78. The van der Waals surface area contributed by atoms with Crippen LogP contribution in [-0.4, -0.2) is 20.8 Å². The van der Waals surface area contributed by atoms with E-state index < -0.39 is 0 Å². The van der Waals surface area contributed by atoms with Gasteiger partial charge in [-0.3, -0.25) is 0 Å². The zero-order valence-corrected chi connectivity index (χ0v) is 13.4. The highest BCUT2D eigenvalue weighted by Crippen LogP contribution is 2.32. The van der Waals surface area contributed by atoms with Crippen molar-refractivity contribution in [3.63, 3.8) is 0 Å². The molecule has 0 aliphatic rings. The van der Waals surface area contributed by atoms with Gasteiger partial charge in [-0.25, -0.2) is 9.67 Å². The molecule has 0 radical (unpaired) electrons. The first-order chi connectivity index (χ1) is 9.10. The largest absolute Gasteiger partial charge is 0.327 e. The van der Waals surface area contributed by atoms with Gasteiger partial charge in [0.15, 0.2) is 5.16 Å². The fraction of sp³-hybridized carbons (Fsp3) is 0.385. The first-order valence-electron chi connectivity index (χ1n) is 6.16. The molecule has 2 aromatic rings. The second-order valence-corrected chi connectivity index (χ2v) is 6.27. The Morgan fingerprint density at radius 3 is 2.84 bits per heavy atom. The van der Waals surface area contributed by atoms with Crippen LogP contribution in [0.3, 0.4) is 0 Å². The van der Waals surface area contributed by atoms with Gasteiger partial charge >= 0.3 is 0 Å². The molecule has 6 heteroatoms. The molecule has 0 saturated heterocycles. The van der Waals surface area contributed by atoms with Crippen molar-refractivity contribution >= 4 is 27.7 Å². The summed E-state index contributed by atoms with van der Waals surface area (Å²) in [5.41, 5.74) is 7.23. The Labute approximate surface area is 125 Å². The molecule has 2 rings (SSSR count). The van der Waals surface area contributed by atoms with Crippen molar-refractivity contribution in [3.8, 4) is 0 Å². The van der Waals surface area contributed by atoms with Crippen LogP contribution in [0.25, 0.3) is 0 Å². The smallest absolute Gasteiger partial charge is 0.190 e. The van der Waals surface area contributed by atoms with Crippen molar-refractivity contribution in [1.29, 1.82) is 0 Å². The van der Waals surface area contributed by atoms with Crippen LogP contribution in [0.5, 0.6) is 0 Å². The number of nitrogens with two attached hydrogens (primary N) is 1. The lowest BCUT2D eigenvalue weighted by Gasteiger charge is -2.10. The summed E-state index contributed by atoms with van der Waals surface area (Å²) in [6.45, 7) is 2.11. The predicted molar refractivity (Wildman–Crippen MR) is 81.2 cm³/mol. The molecule has 102 valence electrons. The van der Waals surface area contributed by atoms with Crippen molar-refractivity contribution in [2.45, 2.75) is 35.9 Å². The minimum atomic E-state index is 0.226. The second-order valence-electron chi connectivity index (χ2n) is 4.41. The Balaban J connectivity index is 2.13. The molecule has 0 aliphatic heterocycles. The molecule has 0 aliphatic carbocycles. The molecule has 1 aromatic carbocycles. The monoisotopic (exact) mass is 340 g/mol. The molecule has 0 fully saturated rings. The maximum atomic E-state index is 5.98. The predicted octanol–water partition coefficient (Wildman–Crippen LogP) is 3.01. The van der Waals surface area contributed by atoms with Gasteiger partial charge in [0.05, 0.1) is 0 Å². The number of aryl methyl sites for hydroxylation is 1. The summed E-state index contributed by atoms with van der Waals surface area (Å²) in [4.78, 5) is 5.34. The van der Waals surface area contributed by atoms with Crippen LogP contribution in [0.2, 0.25) is 0 Å². The number of aromatic nitrogens is 3. The van der Waals surface area contributed by atoms with Gasteiger partial charge in [0, 0.05) is 22.5 Å². The molecule has 2 N–H and O–H groups in total. The van der Waals surface area contributed by atoms with E-state index in [1.165, 1.54) is 5.56 Å². The van der Waals surface area contributed by atoms with Gasteiger partial charge in [-0.15, -0.1) is 0 Å². The maximum Gasteiger partial charge on any atom is 0.190 e. The van der Waals surface area contributed by atoms with E-state index >= 15 is 0 Å². The van der Waals surface area contributed by atoms with Crippen LogP contribution >= 0.6 is 27.7 Å². The molecule has 1 heterocycles. The lowest BCUT2D eigenvalue weighted by molar-refractivity contribution is 0.646. The highest BCUT2D eigenvalue weighted by atomic mass is 79.9. The number of nitrogens with zero attached hydrogens (tertiary/aromatic N) is 3. The van der Waals surface area contributed by atoms with Crippen LogP contribution in [0.15, 0.2) is 39.1 Å². The molecule has 0 spiro atoms. The van der Waals surface area contributed by atoms with E-state index in [4.69, 9.17) is 5.73 Å². The highest BCUT2D eigenvalue weighted by Gasteiger charge is 2.09. The van der Waals surface area contributed by atoms with E-state index in [0.29, 0.717) is 0 Å². The molecule has 0 bridgehead atoms. The summed E-state index contributed by atoms with van der Waals surface area (Å²) in [7, 11) is 1.89. The maximum absolute atomic E-state index is 5.98. The van der Waals surface area contributed by atoms with Crippen molar-refractivity contribution in [3.05, 3.63) is 34.6 Å². The van der Waals surface area contributed by atoms with Crippen molar-refractivity contribution in [1.82, 2.24) is 14.8 Å². The van der Waals surface area contributed by atoms with Gasteiger partial charge in [0.25, 0.3) is 0 Å². The van der Waals surface area contributed by atoms with E-state index in [-0.39, 0.29) is 6.04 Å². The van der Waals surface area contributed by atoms with E-state index in [9.17, 15) is 0 Å².